The average molecular weight is 331 g/mol. The summed E-state index contributed by atoms with van der Waals surface area (Å²) in [7, 11) is 0. The van der Waals surface area contributed by atoms with Gasteiger partial charge >= 0.3 is 6.03 Å². The number of aromatic nitrogens is 1. The molecule has 2 amide bonds. The van der Waals surface area contributed by atoms with Gasteiger partial charge in [0.2, 0.25) is 0 Å². The number of nitrogens with zero attached hydrogens (tertiary/aromatic N) is 2. The molecular formula is C18H25N3O3. The summed E-state index contributed by atoms with van der Waals surface area (Å²) in [6.07, 6.45) is 4.86. The number of carbonyl (C=O) groups is 1. The van der Waals surface area contributed by atoms with Gasteiger partial charge in [-0.2, -0.15) is 0 Å². The number of benzene rings is 1. The van der Waals surface area contributed by atoms with Crippen LogP contribution in [-0.4, -0.2) is 40.7 Å². The van der Waals surface area contributed by atoms with Gasteiger partial charge in [0.25, 0.3) is 0 Å². The second-order valence-electron chi connectivity index (χ2n) is 6.36. The van der Waals surface area contributed by atoms with Crippen molar-refractivity contribution in [2.24, 2.45) is 0 Å². The molecule has 0 radical (unpaired) electrons. The normalized spacial score (nSPS) is 14.1. The minimum atomic E-state index is -0.137. The van der Waals surface area contributed by atoms with Crippen LogP contribution in [0.15, 0.2) is 22.6 Å². The van der Waals surface area contributed by atoms with Crippen molar-refractivity contribution in [3.8, 4) is 0 Å². The quantitative estimate of drug-likeness (QED) is 0.772. The van der Waals surface area contributed by atoms with Gasteiger partial charge in [0.15, 0.2) is 11.5 Å². The van der Waals surface area contributed by atoms with E-state index in [9.17, 15) is 4.79 Å². The second kappa shape index (κ2) is 7.66. The fourth-order valence-electron chi connectivity index (χ4n) is 2.66. The summed E-state index contributed by atoms with van der Waals surface area (Å²) >= 11 is 0. The lowest BCUT2D eigenvalue weighted by Crippen LogP contribution is -2.36. The summed E-state index contributed by atoms with van der Waals surface area (Å²) in [6.45, 7) is 3.43. The number of urea groups is 1. The van der Waals surface area contributed by atoms with Crippen molar-refractivity contribution < 1.29 is 14.3 Å². The number of hydrogen-bond donors (Lipinski definition) is 2. The Morgan fingerprint density at radius 2 is 2.17 bits per heavy atom. The van der Waals surface area contributed by atoms with Crippen molar-refractivity contribution in [2.75, 3.05) is 25.0 Å². The summed E-state index contributed by atoms with van der Waals surface area (Å²) in [6, 6.07) is 5.41. The Hall–Kier alpha value is -2.08. The van der Waals surface area contributed by atoms with E-state index in [1.54, 1.807) is 4.90 Å². The van der Waals surface area contributed by atoms with E-state index in [1.165, 1.54) is 0 Å². The molecule has 24 heavy (non-hydrogen) atoms. The van der Waals surface area contributed by atoms with Crippen molar-refractivity contribution in [1.82, 2.24) is 9.88 Å². The molecule has 3 rings (SSSR count). The molecule has 1 aliphatic carbocycles. The van der Waals surface area contributed by atoms with Gasteiger partial charge < -0.3 is 19.7 Å². The number of aliphatic hydroxyl groups excluding tert-OH is 1. The van der Waals surface area contributed by atoms with Crippen LogP contribution >= 0.6 is 0 Å². The van der Waals surface area contributed by atoms with E-state index in [1.807, 2.05) is 18.2 Å². The number of amides is 2. The molecule has 0 atom stereocenters. The molecular weight excluding hydrogens is 306 g/mol. The van der Waals surface area contributed by atoms with E-state index in [-0.39, 0.29) is 12.6 Å². The summed E-state index contributed by atoms with van der Waals surface area (Å²) in [5.74, 6) is 1.28. The van der Waals surface area contributed by atoms with E-state index in [0.717, 1.165) is 42.7 Å². The SMILES string of the molecule is CCCCN(CCCO)C(=O)Nc1ccc2oc(C3CC3)nc2c1. The first kappa shape index (κ1) is 16.8. The van der Waals surface area contributed by atoms with Gasteiger partial charge in [-0.1, -0.05) is 13.3 Å². The minimum absolute atomic E-state index is 0.0880. The minimum Gasteiger partial charge on any atom is -0.440 e. The number of carbonyl (C=O) groups excluding carboxylic acids is 1. The zero-order valence-corrected chi connectivity index (χ0v) is 14.1. The van der Waals surface area contributed by atoms with E-state index in [4.69, 9.17) is 9.52 Å². The molecule has 1 saturated carbocycles. The van der Waals surface area contributed by atoms with Crippen molar-refractivity contribution in [3.63, 3.8) is 0 Å². The highest BCUT2D eigenvalue weighted by Gasteiger charge is 2.28. The van der Waals surface area contributed by atoms with Crippen LogP contribution in [0, 0.1) is 0 Å². The van der Waals surface area contributed by atoms with Gasteiger partial charge in [-0.05, 0) is 43.9 Å². The maximum Gasteiger partial charge on any atom is 0.321 e. The summed E-state index contributed by atoms with van der Waals surface area (Å²) in [4.78, 5) is 18.7. The van der Waals surface area contributed by atoms with Crippen LogP contribution in [0.5, 0.6) is 0 Å². The summed E-state index contributed by atoms with van der Waals surface area (Å²) in [5, 5.41) is 11.9. The van der Waals surface area contributed by atoms with Crippen LogP contribution in [-0.2, 0) is 0 Å². The van der Waals surface area contributed by atoms with Crippen LogP contribution in [0.3, 0.4) is 0 Å². The zero-order chi connectivity index (χ0) is 16.9. The molecule has 1 aromatic heterocycles. The van der Waals surface area contributed by atoms with Crippen molar-refractivity contribution in [2.45, 2.75) is 44.9 Å². The molecule has 1 heterocycles. The van der Waals surface area contributed by atoms with Gasteiger partial charge in [-0.25, -0.2) is 9.78 Å². The zero-order valence-electron chi connectivity index (χ0n) is 14.1. The van der Waals surface area contributed by atoms with E-state index < -0.39 is 0 Å². The highest BCUT2D eigenvalue weighted by Crippen LogP contribution is 2.40. The van der Waals surface area contributed by atoms with Gasteiger partial charge in [0.05, 0.1) is 0 Å². The molecule has 130 valence electrons. The molecule has 1 aliphatic rings. The number of hydrogen-bond acceptors (Lipinski definition) is 4. The number of fused-ring (bicyclic) bond motifs is 1. The van der Waals surface area contributed by atoms with Gasteiger partial charge in [-0.15, -0.1) is 0 Å². The summed E-state index contributed by atoms with van der Waals surface area (Å²) < 4.78 is 5.74. The molecule has 0 unspecified atom stereocenters. The predicted molar refractivity (Wildman–Crippen MR) is 93.2 cm³/mol. The number of anilines is 1. The largest absolute Gasteiger partial charge is 0.440 e. The molecule has 0 spiro atoms. The molecule has 0 saturated heterocycles. The monoisotopic (exact) mass is 331 g/mol. The average Bonchev–Trinajstić information content (AvgIpc) is 3.34. The van der Waals surface area contributed by atoms with E-state index in [2.05, 4.69) is 17.2 Å². The standard InChI is InChI=1S/C18H25N3O3/c1-2-3-9-21(10-4-11-22)18(23)19-14-7-8-16-15(12-14)20-17(24-16)13-5-6-13/h7-8,12-13,22H,2-6,9-11H2,1H3,(H,19,23). The maximum absolute atomic E-state index is 12.5. The van der Waals surface area contributed by atoms with Gasteiger partial charge in [0, 0.05) is 31.3 Å². The summed E-state index contributed by atoms with van der Waals surface area (Å²) in [5.41, 5.74) is 2.26. The van der Waals surface area contributed by atoms with Gasteiger partial charge in [-0.3, -0.25) is 0 Å². The molecule has 1 aromatic carbocycles. The Labute approximate surface area is 141 Å². The highest BCUT2D eigenvalue weighted by atomic mass is 16.3. The first-order chi connectivity index (χ1) is 11.7. The third kappa shape index (κ3) is 4.06. The maximum atomic E-state index is 12.5. The van der Waals surface area contributed by atoms with Crippen LogP contribution in [0.2, 0.25) is 0 Å². The number of aliphatic hydroxyl groups is 1. The van der Waals surface area contributed by atoms with Crippen LogP contribution in [0.1, 0.15) is 50.8 Å². The number of rotatable bonds is 8. The van der Waals surface area contributed by atoms with Crippen molar-refractivity contribution >= 4 is 22.8 Å². The third-order valence-corrected chi connectivity index (χ3v) is 4.24. The Morgan fingerprint density at radius 1 is 1.38 bits per heavy atom. The van der Waals surface area contributed by atoms with Crippen molar-refractivity contribution in [1.29, 1.82) is 0 Å². The Morgan fingerprint density at radius 3 is 2.88 bits per heavy atom. The Bertz CT molecular complexity index is 686. The molecule has 0 bridgehead atoms. The first-order valence-corrected chi connectivity index (χ1v) is 8.78. The fourth-order valence-corrected chi connectivity index (χ4v) is 2.66. The number of nitrogens with one attached hydrogen (secondary N) is 1. The number of oxazole rings is 1. The predicted octanol–water partition coefficient (Wildman–Crippen LogP) is 3.72. The topological polar surface area (TPSA) is 78.6 Å². The molecule has 6 nitrogen and oxygen atoms in total. The van der Waals surface area contributed by atoms with Crippen LogP contribution in [0.4, 0.5) is 10.5 Å². The van der Waals surface area contributed by atoms with Gasteiger partial charge in [0.1, 0.15) is 5.52 Å². The Balaban J connectivity index is 1.68. The number of unbranched alkanes of at least 4 members (excludes halogenated alkanes) is 1. The molecule has 2 aromatic rings. The Kier molecular flexibility index (Phi) is 5.35. The van der Waals surface area contributed by atoms with E-state index >= 15 is 0 Å². The van der Waals surface area contributed by atoms with Crippen LogP contribution < -0.4 is 5.32 Å². The molecule has 6 heteroatoms. The lowest BCUT2D eigenvalue weighted by atomic mass is 10.3. The molecule has 1 fully saturated rings. The fraction of sp³-hybridized carbons (Fsp3) is 0.556. The third-order valence-electron chi connectivity index (χ3n) is 4.24. The molecule has 0 aliphatic heterocycles. The van der Waals surface area contributed by atoms with Crippen LogP contribution in [0.25, 0.3) is 11.1 Å². The lowest BCUT2D eigenvalue weighted by molar-refractivity contribution is 0.201. The second-order valence-corrected chi connectivity index (χ2v) is 6.36. The molecule has 2 N–H and O–H groups in total. The van der Waals surface area contributed by atoms with E-state index in [0.29, 0.717) is 31.1 Å². The van der Waals surface area contributed by atoms with Crippen molar-refractivity contribution in [3.05, 3.63) is 24.1 Å². The highest BCUT2D eigenvalue weighted by molar-refractivity contribution is 5.91. The lowest BCUT2D eigenvalue weighted by Gasteiger charge is -2.22. The first-order valence-electron chi connectivity index (χ1n) is 8.78. The smallest absolute Gasteiger partial charge is 0.321 e.